The van der Waals surface area contributed by atoms with Gasteiger partial charge < -0.3 is 19.7 Å². The SMILES string of the molecule is Cc1c(CNCC2(O)CCOC2)n(C)c2ccccc12. The molecule has 0 radical (unpaired) electrons. The molecular formula is C16H22N2O2. The monoisotopic (exact) mass is 274 g/mol. The zero-order chi connectivity index (χ0) is 14.2. The number of nitrogens with zero attached hydrogens (tertiary/aromatic N) is 1. The van der Waals surface area contributed by atoms with Gasteiger partial charge in [0.05, 0.1) is 6.61 Å². The highest BCUT2D eigenvalue weighted by atomic mass is 16.5. The molecule has 2 heterocycles. The fourth-order valence-electron chi connectivity index (χ4n) is 3.04. The maximum atomic E-state index is 10.3. The van der Waals surface area contributed by atoms with Crippen LogP contribution in [0.15, 0.2) is 24.3 Å². The second kappa shape index (κ2) is 5.20. The molecule has 1 aliphatic rings. The average molecular weight is 274 g/mol. The lowest BCUT2D eigenvalue weighted by atomic mass is 10.0. The average Bonchev–Trinajstić information content (AvgIpc) is 2.98. The van der Waals surface area contributed by atoms with Crippen molar-refractivity contribution in [1.29, 1.82) is 0 Å². The smallest absolute Gasteiger partial charge is 0.103 e. The van der Waals surface area contributed by atoms with Gasteiger partial charge in [-0.05, 0) is 18.6 Å². The van der Waals surface area contributed by atoms with Gasteiger partial charge in [0.2, 0.25) is 0 Å². The van der Waals surface area contributed by atoms with Gasteiger partial charge in [0, 0.05) is 49.8 Å². The Balaban J connectivity index is 1.74. The zero-order valence-corrected chi connectivity index (χ0v) is 12.1. The number of benzene rings is 1. The van der Waals surface area contributed by atoms with Gasteiger partial charge in [0.15, 0.2) is 0 Å². The van der Waals surface area contributed by atoms with E-state index in [0.717, 1.165) is 6.54 Å². The highest BCUT2D eigenvalue weighted by molar-refractivity contribution is 5.85. The number of aryl methyl sites for hydroxylation is 2. The maximum absolute atomic E-state index is 10.3. The summed E-state index contributed by atoms with van der Waals surface area (Å²) in [4.78, 5) is 0. The Labute approximate surface area is 119 Å². The van der Waals surface area contributed by atoms with Gasteiger partial charge in [-0.1, -0.05) is 18.2 Å². The second-order valence-electron chi connectivity index (χ2n) is 5.78. The fourth-order valence-corrected chi connectivity index (χ4v) is 3.04. The first-order chi connectivity index (χ1) is 9.61. The third kappa shape index (κ3) is 2.35. The predicted molar refractivity (Wildman–Crippen MR) is 79.7 cm³/mol. The fraction of sp³-hybridized carbons (Fsp3) is 0.500. The molecule has 1 fully saturated rings. The van der Waals surface area contributed by atoms with Crippen molar-refractivity contribution in [2.45, 2.75) is 25.5 Å². The van der Waals surface area contributed by atoms with Crippen LogP contribution >= 0.6 is 0 Å². The van der Waals surface area contributed by atoms with Crippen LogP contribution in [-0.4, -0.2) is 35.0 Å². The molecule has 1 unspecified atom stereocenters. The number of fused-ring (bicyclic) bond motifs is 1. The van der Waals surface area contributed by atoms with Crippen LogP contribution in [0.2, 0.25) is 0 Å². The van der Waals surface area contributed by atoms with Crippen LogP contribution < -0.4 is 5.32 Å². The summed E-state index contributed by atoms with van der Waals surface area (Å²) >= 11 is 0. The van der Waals surface area contributed by atoms with Gasteiger partial charge in [-0.15, -0.1) is 0 Å². The van der Waals surface area contributed by atoms with Crippen LogP contribution in [0.1, 0.15) is 17.7 Å². The molecule has 1 aliphatic heterocycles. The van der Waals surface area contributed by atoms with Crippen LogP contribution in [0.3, 0.4) is 0 Å². The molecule has 3 rings (SSSR count). The third-order valence-electron chi connectivity index (χ3n) is 4.34. The van der Waals surface area contributed by atoms with Crippen LogP contribution in [-0.2, 0) is 18.3 Å². The van der Waals surface area contributed by atoms with E-state index in [-0.39, 0.29) is 0 Å². The molecule has 1 aromatic heterocycles. The number of rotatable bonds is 4. The highest BCUT2D eigenvalue weighted by Gasteiger charge is 2.31. The number of hydrogen-bond donors (Lipinski definition) is 2. The normalized spacial score (nSPS) is 22.8. The van der Waals surface area contributed by atoms with Crippen molar-refractivity contribution in [2.24, 2.45) is 7.05 Å². The van der Waals surface area contributed by atoms with Crippen molar-refractivity contribution in [3.63, 3.8) is 0 Å². The lowest BCUT2D eigenvalue weighted by molar-refractivity contribution is 0.0267. The van der Waals surface area contributed by atoms with E-state index in [1.165, 1.54) is 22.2 Å². The number of para-hydroxylation sites is 1. The molecule has 1 aromatic carbocycles. The summed E-state index contributed by atoms with van der Waals surface area (Å²) < 4.78 is 7.49. The molecule has 1 saturated heterocycles. The molecule has 0 amide bonds. The molecule has 2 N–H and O–H groups in total. The van der Waals surface area contributed by atoms with Crippen molar-refractivity contribution in [1.82, 2.24) is 9.88 Å². The number of ether oxygens (including phenoxy) is 1. The van der Waals surface area contributed by atoms with E-state index in [4.69, 9.17) is 4.74 Å². The number of nitrogens with one attached hydrogen (secondary N) is 1. The Bertz CT molecular complexity index is 573. The number of aromatic nitrogens is 1. The summed E-state index contributed by atoms with van der Waals surface area (Å²) in [6.45, 7) is 4.60. The minimum atomic E-state index is -0.696. The number of hydrogen-bond acceptors (Lipinski definition) is 3. The maximum Gasteiger partial charge on any atom is 0.103 e. The van der Waals surface area contributed by atoms with Crippen LogP contribution in [0.5, 0.6) is 0 Å². The topological polar surface area (TPSA) is 46.4 Å². The van der Waals surface area contributed by atoms with Gasteiger partial charge in [-0.2, -0.15) is 0 Å². The molecule has 1 atom stereocenters. The van der Waals surface area contributed by atoms with Crippen molar-refractivity contribution >= 4 is 10.9 Å². The summed E-state index contributed by atoms with van der Waals surface area (Å²) in [6.07, 6.45) is 0.716. The predicted octanol–water partition coefficient (Wildman–Crippen LogP) is 1.73. The molecule has 20 heavy (non-hydrogen) atoms. The third-order valence-corrected chi connectivity index (χ3v) is 4.34. The van der Waals surface area contributed by atoms with Crippen LogP contribution in [0.25, 0.3) is 10.9 Å². The minimum Gasteiger partial charge on any atom is -0.386 e. The lowest BCUT2D eigenvalue weighted by Gasteiger charge is -2.21. The van der Waals surface area contributed by atoms with Crippen LogP contribution in [0, 0.1) is 6.92 Å². The Hall–Kier alpha value is -1.36. The van der Waals surface area contributed by atoms with Crippen molar-refractivity contribution in [3.05, 3.63) is 35.5 Å². The molecule has 0 spiro atoms. The first kappa shape index (κ1) is 13.6. The lowest BCUT2D eigenvalue weighted by Crippen LogP contribution is -2.41. The standard InChI is InChI=1S/C16H22N2O2/c1-12-13-5-3-4-6-14(13)18(2)15(12)9-17-10-16(19)7-8-20-11-16/h3-6,17,19H,7-11H2,1-2H3. The van der Waals surface area contributed by atoms with Crippen LogP contribution in [0.4, 0.5) is 0 Å². The summed E-state index contributed by atoms with van der Waals surface area (Å²) in [5.74, 6) is 0. The Kier molecular flexibility index (Phi) is 3.54. The molecule has 108 valence electrons. The summed E-state index contributed by atoms with van der Waals surface area (Å²) in [7, 11) is 2.10. The van der Waals surface area contributed by atoms with Crippen molar-refractivity contribution < 1.29 is 9.84 Å². The molecule has 2 aromatic rings. The largest absolute Gasteiger partial charge is 0.386 e. The van der Waals surface area contributed by atoms with E-state index < -0.39 is 5.60 Å². The summed E-state index contributed by atoms with van der Waals surface area (Å²) in [5.41, 5.74) is 3.14. The molecule has 0 bridgehead atoms. The second-order valence-corrected chi connectivity index (χ2v) is 5.78. The quantitative estimate of drug-likeness (QED) is 0.892. The Morgan fingerprint density at radius 2 is 2.20 bits per heavy atom. The van der Waals surface area contributed by atoms with Gasteiger partial charge in [0.25, 0.3) is 0 Å². The number of aliphatic hydroxyl groups is 1. The summed E-state index contributed by atoms with van der Waals surface area (Å²) in [6, 6.07) is 8.44. The first-order valence-corrected chi connectivity index (χ1v) is 7.14. The Morgan fingerprint density at radius 1 is 1.40 bits per heavy atom. The summed E-state index contributed by atoms with van der Waals surface area (Å²) in [5, 5.41) is 14.9. The molecule has 0 saturated carbocycles. The molecule has 0 aliphatic carbocycles. The molecule has 4 heteroatoms. The van der Waals surface area contributed by atoms with E-state index in [0.29, 0.717) is 26.2 Å². The van der Waals surface area contributed by atoms with Gasteiger partial charge in [0.1, 0.15) is 5.60 Å². The van der Waals surface area contributed by atoms with Crippen molar-refractivity contribution in [3.8, 4) is 0 Å². The van der Waals surface area contributed by atoms with E-state index in [9.17, 15) is 5.11 Å². The minimum absolute atomic E-state index is 0.439. The van der Waals surface area contributed by atoms with Gasteiger partial charge >= 0.3 is 0 Å². The van der Waals surface area contributed by atoms with E-state index in [1.807, 2.05) is 0 Å². The van der Waals surface area contributed by atoms with E-state index >= 15 is 0 Å². The first-order valence-electron chi connectivity index (χ1n) is 7.14. The van der Waals surface area contributed by atoms with Gasteiger partial charge in [-0.3, -0.25) is 0 Å². The Morgan fingerprint density at radius 3 is 2.90 bits per heavy atom. The highest BCUT2D eigenvalue weighted by Crippen LogP contribution is 2.24. The zero-order valence-electron chi connectivity index (χ0n) is 12.1. The molecular weight excluding hydrogens is 252 g/mol. The molecule has 4 nitrogen and oxygen atoms in total. The van der Waals surface area contributed by atoms with E-state index in [2.05, 4.69) is 48.1 Å². The van der Waals surface area contributed by atoms with Gasteiger partial charge in [-0.25, -0.2) is 0 Å². The van der Waals surface area contributed by atoms with Crippen molar-refractivity contribution in [2.75, 3.05) is 19.8 Å². The van der Waals surface area contributed by atoms with E-state index in [1.54, 1.807) is 0 Å².